The Kier molecular flexibility index (Phi) is 7.21. The highest BCUT2D eigenvalue weighted by Crippen LogP contribution is 2.16. The van der Waals surface area contributed by atoms with Crippen molar-refractivity contribution in [2.24, 2.45) is 5.11 Å². The third kappa shape index (κ3) is 5.39. The maximum absolute atomic E-state index is 12.7. The van der Waals surface area contributed by atoms with Crippen LogP contribution in [0.5, 0.6) is 5.75 Å². The van der Waals surface area contributed by atoms with E-state index in [1.807, 2.05) is 0 Å². The average molecular weight is 423 g/mol. The normalized spacial score (nSPS) is 11.6. The fraction of sp³-hybridized carbons (Fsp3) is 0.286. The SMILES string of the molecule is CCOC(Cc1ccc(OCCn2c(N=[N+]=[N-])nc3ccccc3c2=O)cc1)C(=O)O. The first-order valence-electron chi connectivity index (χ1n) is 9.64. The van der Waals surface area contributed by atoms with E-state index in [1.165, 1.54) is 4.57 Å². The monoisotopic (exact) mass is 423 g/mol. The van der Waals surface area contributed by atoms with Crippen LogP contribution in [-0.2, 0) is 22.5 Å². The molecular formula is C21H21N5O5. The second-order valence-corrected chi connectivity index (χ2v) is 6.55. The predicted molar refractivity (Wildman–Crippen MR) is 113 cm³/mol. The van der Waals surface area contributed by atoms with Gasteiger partial charge in [0.1, 0.15) is 12.4 Å². The number of nitrogens with zero attached hydrogens (tertiary/aromatic N) is 5. The van der Waals surface area contributed by atoms with Crippen LogP contribution in [-0.4, -0.2) is 39.9 Å². The lowest BCUT2D eigenvalue weighted by molar-refractivity contribution is -0.149. The van der Waals surface area contributed by atoms with E-state index in [4.69, 9.17) is 15.0 Å². The highest BCUT2D eigenvalue weighted by molar-refractivity contribution is 5.78. The minimum absolute atomic E-state index is 0.0271. The van der Waals surface area contributed by atoms with Gasteiger partial charge in [-0.3, -0.25) is 9.36 Å². The van der Waals surface area contributed by atoms with Crippen molar-refractivity contribution in [3.05, 3.63) is 74.9 Å². The maximum atomic E-state index is 12.7. The van der Waals surface area contributed by atoms with Crippen LogP contribution in [0.4, 0.5) is 5.95 Å². The molecule has 0 aliphatic heterocycles. The van der Waals surface area contributed by atoms with Crippen molar-refractivity contribution >= 4 is 22.8 Å². The fourth-order valence-electron chi connectivity index (χ4n) is 3.08. The summed E-state index contributed by atoms with van der Waals surface area (Å²) in [6, 6.07) is 13.8. The number of carbonyl (C=O) groups is 1. The molecule has 0 spiro atoms. The number of carboxylic acid groups (broad SMARTS) is 1. The van der Waals surface area contributed by atoms with Gasteiger partial charge in [0.05, 0.1) is 17.4 Å². The molecule has 160 valence electrons. The van der Waals surface area contributed by atoms with Gasteiger partial charge >= 0.3 is 5.97 Å². The van der Waals surface area contributed by atoms with Crippen LogP contribution >= 0.6 is 0 Å². The molecule has 0 saturated heterocycles. The summed E-state index contributed by atoms with van der Waals surface area (Å²) in [5.74, 6) is -0.479. The van der Waals surface area contributed by atoms with Crippen molar-refractivity contribution in [1.82, 2.24) is 9.55 Å². The first-order valence-corrected chi connectivity index (χ1v) is 9.64. The Morgan fingerprint density at radius 1 is 1.26 bits per heavy atom. The summed E-state index contributed by atoms with van der Waals surface area (Å²) in [4.78, 5) is 31.0. The Balaban J connectivity index is 1.69. The minimum Gasteiger partial charge on any atom is -0.492 e. The zero-order valence-electron chi connectivity index (χ0n) is 16.8. The van der Waals surface area contributed by atoms with E-state index in [1.54, 1.807) is 55.5 Å². The van der Waals surface area contributed by atoms with Crippen molar-refractivity contribution in [1.29, 1.82) is 0 Å². The molecule has 0 aliphatic rings. The van der Waals surface area contributed by atoms with Crippen molar-refractivity contribution in [3.63, 3.8) is 0 Å². The zero-order chi connectivity index (χ0) is 22.2. The van der Waals surface area contributed by atoms with E-state index < -0.39 is 12.1 Å². The number of para-hydroxylation sites is 1. The highest BCUT2D eigenvalue weighted by Gasteiger charge is 2.17. The Bertz CT molecular complexity index is 1170. The van der Waals surface area contributed by atoms with Crippen molar-refractivity contribution in [3.8, 4) is 5.75 Å². The van der Waals surface area contributed by atoms with Gasteiger partial charge in [0.2, 0.25) is 0 Å². The van der Waals surface area contributed by atoms with Crippen LogP contribution in [0.3, 0.4) is 0 Å². The van der Waals surface area contributed by atoms with Gasteiger partial charge in [-0.15, -0.1) is 0 Å². The number of ether oxygens (including phenoxy) is 2. The van der Waals surface area contributed by atoms with E-state index >= 15 is 0 Å². The lowest BCUT2D eigenvalue weighted by Crippen LogP contribution is -2.26. The molecule has 0 bridgehead atoms. The van der Waals surface area contributed by atoms with E-state index in [2.05, 4.69) is 15.0 Å². The van der Waals surface area contributed by atoms with Gasteiger partial charge in [-0.05, 0) is 47.4 Å². The van der Waals surface area contributed by atoms with Crippen molar-refractivity contribution in [2.75, 3.05) is 13.2 Å². The maximum Gasteiger partial charge on any atom is 0.333 e. The molecule has 1 heterocycles. The first kappa shape index (κ1) is 21.8. The van der Waals surface area contributed by atoms with Crippen LogP contribution in [0.25, 0.3) is 21.3 Å². The van der Waals surface area contributed by atoms with Crippen molar-refractivity contribution in [2.45, 2.75) is 26.0 Å². The minimum atomic E-state index is -1.01. The largest absolute Gasteiger partial charge is 0.492 e. The number of aromatic nitrogens is 2. The molecule has 3 aromatic rings. The van der Waals surface area contributed by atoms with Gasteiger partial charge in [0, 0.05) is 17.9 Å². The molecule has 1 N–H and O–H groups in total. The summed E-state index contributed by atoms with van der Waals surface area (Å²) in [5.41, 5.74) is 9.73. The Morgan fingerprint density at radius 2 is 2.00 bits per heavy atom. The Hall–Kier alpha value is -3.88. The third-order valence-electron chi connectivity index (χ3n) is 4.55. The van der Waals surface area contributed by atoms with Crippen LogP contribution in [0.2, 0.25) is 0 Å². The van der Waals surface area contributed by atoms with Crippen LogP contribution in [0, 0.1) is 0 Å². The number of benzene rings is 2. The number of hydrogen-bond acceptors (Lipinski definition) is 6. The molecule has 31 heavy (non-hydrogen) atoms. The summed E-state index contributed by atoms with van der Waals surface area (Å²) < 4.78 is 12.2. The highest BCUT2D eigenvalue weighted by atomic mass is 16.5. The number of hydrogen-bond donors (Lipinski definition) is 1. The summed E-state index contributed by atoms with van der Waals surface area (Å²) in [6.45, 7) is 2.34. The number of rotatable bonds is 10. The molecule has 0 saturated carbocycles. The Labute approximate surface area is 177 Å². The smallest absolute Gasteiger partial charge is 0.333 e. The van der Waals surface area contributed by atoms with E-state index in [-0.39, 0.29) is 31.1 Å². The quantitative estimate of drug-likeness (QED) is 0.301. The van der Waals surface area contributed by atoms with Crippen LogP contribution in [0.15, 0.2) is 58.4 Å². The van der Waals surface area contributed by atoms with E-state index in [0.29, 0.717) is 23.3 Å². The molecule has 1 atom stereocenters. The summed E-state index contributed by atoms with van der Waals surface area (Å²) in [5, 5.41) is 13.1. The van der Waals surface area contributed by atoms with Crippen LogP contribution < -0.4 is 10.3 Å². The topological polar surface area (TPSA) is 139 Å². The zero-order valence-corrected chi connectivity index (χ0v) is 16.8. The summed E-state index contributed by atoms with van der Waals surface area (Å²) in [6.07, 6.45) is -0.653. The molecule has 2 aromatic carbocycles. The van der Waals surface area contributed by atoms with E-state index in [9.17, 15) is 14.7 Å². The van der Waals surface area contributed by atoms with Gasteiger partial charge in [0.25, 0.3) is 5.56 Å². The molecular weight excluding hydrogens is 402 g/mol. The first-order chi connectivity index (χ1) is 15.0. The molecule has 1 aromatic heterocycles. The fourth-order valence-corrected chi connectivity index (χ4v) is 3.08. The van der Waals surface area contributed by atoms with Gasteiger partial charge < -0.3 is 14.6 Å². The van der Waals surface area contributed by atoms with Crippen LogP contribution in [0.1, 0.15) is 12.5 Å². The van der Waals surface area contributed by atoms with Gasteiger partial charge in [-0.25, -0.2) is 9.78 Å². The van der Waals surface area contributed by atoms with Gasteiger partial charge in [-0.1, -0.05) is 24.3 Å². The number of aliphatic carboxylic acids is 1. The van der Waals surface area contributed by atoms with E-state index in [0.717, 1.165) is 5.56 Å². The molecule has 0 fully saturated rings. The number of azide groups is 1. The standard InChI is InChI=1S/C21H21N5O5/c1-2-30-18(20(28)29)13-14-7-9-15(10-8-14)31-12-11-26-19(27)16-5-3-4-6-17(16)23-21(26)24-25-22/h3-10,18H,2,11-13H2,1H3,(H,28,29). The van der Waals surface area contributed by atoms with Gasteiger partial charge in [0.15, 0.2) is 12.1 Å². The third-order valence-corrected chi connectivity index (χ3v) is 4.55. The second kappa shape index (κ2) is 10.2. The number of carboxylic acids is 1. The molecule has 0 aliphatic carbocycles. The Morgan fingerprint density at radius 3 is 2.68 bits per heavy atom. The second-order valence-electron chi connectivity index (χ2n) is 6.55. The molecule has 1 unspecified atom stereocenters. The molecule has 10 nitrogen and oxygen atoms in total. The molecule has 0 amide bonds. The molecule has 3 rings (SSSR count). The average Bonchev–Trinajstić information content (AvgIpc) is 2.77. The molecule has 10 heteroatoms. The van der Waals surface area contributed by atoms with Crippen molar-refractivity contribution < 1.29 is 19.4 Å². The van der Waals surface area contributed by atoms with Gasteiger partial charge in [-0.2, -0.15) is 0 Å². The lowest BCUT2D eigenvalue weighted by Gasteiger charge is -2.13. The summed E-state index contributed by atoms with van der Waals surface area (Å²) in [7, 11) is 0. The predicted octanol–water partition coefficient (Wildman–Crippen LogP) is 3.45. The number of fused-ring (bicyclic) bond motifs is 1. The summed E-state index contributed by atoms with van der Waals surface area (Å²) >= 11 is 0. The lowest BCUT2D eigenvalue weighted by atomic mass is 10.1. The molecule has 0 radical (unpaired) electrons.